The van der Waals surface area contributed by atoms with Gasteiger partial charge in [0.05, 0.1) is 15.6 Å². The molecule has 0 bridgehead atoms. The molecule has 1 aliphatic rings. The Balaban J connectivity index is 1.89. The van der Waals surface area contributed by atoms with Crippen molar-refractivity contribution in [2.45, 2.75) is 51.6 Å². The second kappa shape index (κ2) is 11.5. The van der Waals surface area contributed by atoms with Crippen LogP contribution in [0.4, 0.5) is 4.79 Å². The second-order valence-corrected chi connectivity index (χ2v) is 12.0. The number of carbonyl (C=O) groups is 3. The van der Waals surface area contributed by atoms with Gasteiger partial charge in [0.15, 0.2) is 0 Å². The SMILES string of the molecule is CC(=O)NCCC1(NC(=O)c2cc3c(Cl)c(Cl)ccc3n2C)CCCN(S(=O)(=O)NC(=O)NC(C)C)C1. The molecule has 3 rings (SSSR count). The van der Waals surface area contributed by atoms with Gasteiger partial charge in [-0.3, -0.25) is 9.59 Å². The standard InChI is InChI=1S/C23H32Cl2N6O5S/c1-14(2)27-22(34)29-37(35,36)31-11-5-8-23(13-31,9-10-26-15(3)32)28-21(33)19-12-16-18(30(19)4)7-6-17(24)20(16)25/h6-7,12,14H,5,8-11,13H2,1-4H3,(H,26,32)(H,28,33)(H2,27,29,34). The van der Waals surface area contributed by atoms with Crippen LogP contribution in [0.1, 0.15) is 50.5 Å². The third-order valence-electron chi connectivity index (χ3n) is 6.23. The van der Waals surface area contributed by atoms with E-state index in [1.807, 2.05) is 4.72 Å². The van der Waals surface area contributed by atoms with E-state index in [0.29, 0.717) is 39.5 Å². The number of fused-ring (bicyclic) bond motifs is 1. The summed E-state index contributed by atoms with van der Waals surface area (Å²) in [4.78, 5) is 37.1. The Morgan fingerprint density at radius 1 is 1.19 bits per heavy atom. The molecule has 11 nitrogen and oxygen atoms in total. The van der Waals surface area contributed by atoms with Crippen molar-refractivity contribution < 1.29 is 22.8 Å². The number of piperidine rings is 1. The van der Waals surface area contributed by atoms with E-state index in [1.54, 1.807) is 43.7 Å². The van der Waals surface area contributed by atoms with Crippen LogP contribution in [-0.4, -0.2) is 66.4 Å². The summed E-state index contributed by atoms with van der Waals surface area (Å²) in [5.41, 5.74) is 0.0198. The van der Waals surface area contributed by atoms with Gasteiger partial charge in [-0.2, -0.15) is 12.7 Å². The van der Waals surface area contributed by atoms with Crippen molar-refractivity contribution in [2.75, 3.05) is 19.6 Å². The van der Waals surface area contributed by atoms with E-state index in [9.17, 15) is 22.8 Å². The minimum absolute atomic E-state index is 0.0842. The first-order valence-electron chi connectivity index (χ1n) is 11.8. The fourth-order valence-electron chi connectivity index (χ4n) is 4.49. The van der Waals surface area contributed by atoms with Gasteiger partial charge in [-0.15, -0.1) is 0 Å². The van der Waals surface area contributed by atoms with Crippen LogP contribution in [0, 0.1) is 0 Å². The molecule has 0 saturated carbocycles. The molecule has 1 aromatic heterocycles. The lowest BCUT2D eigenvalue weighted by molar-refractivity contribution is -0.119. The molecule has 1 unspecified atom stereocenters. The van der Waals surface area contributed by atoms with Crippen molar-refractivity contribution in [3.05, 3.63) is 33.9 Å². The monoisotopic (exact) mass is 574 g/mol. The van der Waals surface area contributed by atoms with Crippen LogP contribution in [0.3, 0.4) is 0 Å². The molecule has 4 amide bonds. The molecule has 1 saturated heterocycles. The van der Waals surface area contributed by atoms with Crippen molar-refractivity contribution in [3.8, 4) is 0 Å². The molecule has 2 aromatic rings. The summed E-state index contributed by atoms with van der Waals surface area (Å²) >= 11 is 12.5. The highest BCUT2D eigenvalue weighted by molar-refractivity contribution is 7.87. The third kappa shape index (κ3) is 6.86. The summed E-state index contributed by atoms with van der Waals surface area (Å²) in [6.07, 6.45) is 1.18. The highest BCUT2D eigenvalue weighted by Crippen LogP contribution is 2.33. The van der Waals surface area contributed by atoms with Crippen molar-refractivity contribution in [1.82, 2.24) is 29.5 Å². The number of nitrogens with zero attached hydrogens (tertiary/aromatic N) is 2. The van der Waals surface area contributed by atoms with Gasteiger partial charge < -0.3 is 20.5 Å². The van der Waals surface area contributed by atoms with E-state index in [2.05, 4.69) is 16.0 Å². The number of carbonyl (C=O) groups excluding carboxylic acids is 3. The summed E-state index contributed by atoms with van der Waals surface area (Å²) < 4.78 is 30.8. The molecule has 204 valence electrons. The van der Waals surface area contributed by atoms with Gasteiger partial charge in [-0.25, -0.2) is 9.52 Å². The van der Waals surface area contributed by atoms with E-state index >= 15 is 0 Å². The van der Waals surface area contributed by atoms with E-state index in [0.717, 1.165) is 4.31 Å². The van der Waals surface area contributed by atoms with Crippen molar-refractivity contribution in [3.63, 3.8) is 0 Å². The quantitative estimate of drug-likeness (QED) is 0.383. The second-order valence-electron chi connectivity index (χ2n) is 9.52. The maximum Gasteiger partial charge on any atom is 0.329 e. The summed E-state index contributed by atoms with van der Waals surface area (Å²) in [6.45, 7) is 5.11. The van der Waals surface area contributed by atoms with Crippen LogP contribution in [0.5, 0.6) is 0 Å². The zero-order valence-corrected chi connectivity index (χ0v) is 23.5. The van der Waals surface area contributed by atoms with E-state index in [-0.39, 0.29) is 38.0 Å². The van der Waals surface area contributed by atoms with Crippen LogP contribution >= 0.6 is 23.2 Å². The number of halogens is 2. The zero-order valence-electron chi connectivity index (χ0n) is 21.2. The molecule has 14 heteroatoms. The number of aryl methyl sites for hydroxylation is 1. The Morgan fingerprint density at radius 2 is 1.89 bits per heavy atom. The van der Waals surface area contributed by atoms with Gasteiger partial charge in [0.2, 0.25) is 5.91 Å². The highest BCUT2D eigenvalue weighted by atomic mass is 35.5. The number of urea groups is 1. The van der Waals surface area contributed by atoms with Gasteiger partial charge >= 0.3 is 16.2 Å². The Labute approximate surface area is 226 Å². The minimum Gasteiger partial charge on any atom is -0.356 e. The predicted octanol–water partition coefficient (Wildman–Crippen LogP) is 2.53. The molecular weight excluding hydrogens is 543 g/mol. The molecule has 4 N–H and O–H groups in total. The van der Waals surface area contributed by atoms with E-state index in [1.165, 1.54) is 6.92 Å². The number of amides is 4. The van der Waals surface area contributed by atoms with Gasteiger partial charge in [0, 0.05) is 50.6 Å². The average molecular weight is 576 g/mol. The smallest absolute Gasteiger partial charge is 0.329 e. The Hall–Kier alpha value is -2.54. The molecule has 1 atom stereocenters. The third-order valence-corrected chi connectivity index (χ3v) is 8.48. The van der Waals surface area contributed by atoms with Crippen LogP contribution in [0.25, 0.3) is 10.9 Å². The first-order chi connectivity index (χ1) is 17.2. The number of nitrogens with one attached hydrogen (secondary N) is 4. The number of hydrogen-bond donors (Lipinski definition) is 4. The molecule has 2 heterocycles. The first-order valence-corrected chi connectivity index (χ1v) is 14.0. The Bertz CT molecular complexity index is 1310. The summed E-state index contributed by atoms with van der Waals surface area (Å²) in [6, 6.07) is 3.96. The summed E-state index contributed by atoms with van der Waals surface area (Å²) in [7, 11) is -2.46. The minimum atomic E-state index is -4.18. The van der Waals surface area contributed by atoms with Gasteiger partial charge in [-0.05, 0) is 51.3 Å². The van der Waals surface area contributed by atoms with Crippen LogP contribution in [-0.2, 0) is 22.1 Å². The topological polar surface area (TPSA) is 142 Å². The highest BCUT2D eigenvalue weighted by Gasteiger charge is 2.41. The van der Waals surface area contributed by atoms with Crippen LogP contribution in [0.15, 0.2) is 18.2 Å². The zero-order chi connectivity index (χ0) is 27.5. The molecule has 0 radical (unpaired) electrons. The normalized spacial score (nSPS) is 18.6. The molecular formula is C23H32Cl2N6O5S. The van der Waals surface area contributed by atoms with Gasteiger partial charge in [0.25, 0.3) is 5.91 Å². The van der Waals surface area contributed by atoms with E-state index in [4.69, 9.17) is 23.2 Å². The summed E-state index contributed by atoms with van der Waals surface area (Å²) in [5.74, 6) is -0.674. The maximum absolute atomic E-state index is 13.5. The van der Waals surface area contributed by atoms with E-state index < -0.39 is 27.7 Å². The molecule has 0 spiro atoms. The average Bonchev–Trinajstić information content (AvgIpc) is 3.12. The molecule has 1 aromatic carbocycles. The summed E-state index contributed by atoms with van der Waals surface area (Å²) in [5, 5.41) is 9.53. The fourth-order valence-corrected chi connectivity index (χ4v) is 6.07. The lowest BCUT2D eigenvalue weighted by atomic mass is 9.86. The largest absolute Gasteiger partial charge is 0.356 e. The number of rotatable bonds is 8. The van der Waals surface area contributed by atoms with Crippen LogP contribution < -0.4 is 20.7 Å². The molecule has 1 fully saturated rings. The number of hydrogen-bond acceptors (Lipinski definition) is 5. The van der Waals surface area contributed by atoms with Crippen molar-refractivity contribution >= 4 is 62.2 Å². The number of aromatic nitrogens is 1. The predicted molar refractivity (Wildman–Crippen MR) is 143 cm³/mol. The lowest BCUT2D eigenvalue weighted by Crippen LogP contribution is -2.62. The van der Waals surface area contributed by atoms with Gasteiger partial charge in [-0.1, -0.05) is 23.2 Å². The van der Waals surface area contributed by atoms with Gasteiger partial charge in [0.1, 0.15) is 5.69 Å². The molecule has 1 aliphatic heterocycles. The molecule has 37 heavy (non-hydrogen) atoms. The first kappa shape index (κ1) is 29.0. The number of benzene rings is 1. The maximum atomic E-state index is 13.5. The molecule has 0 aliphatic carbocycles. The Kier molecular flexibility index (Phi) is 8.99. The van der Waals surface area contributed by atoms with Crippen LogP contribution in [0.2, 0.25) is 10.0 Å². The van der Waals surface area contributed by atoms with Crippen molar-refractivity contribution in [2.24, 2.45) is 7.05 Å². The van der Waals surface area contributed by atoms with Crippen molar-refractivity contribution in [1.29, 1.82) is 0 Å². The lowest BCUT2D eigenvalue weighted by Gasteiger charge is -2.42. The Morgan fingerprint density at radius 3 is 2.54 bits per heavy atom. The fraction of sp³-hybridized carbons (Fsp3) is 0.522.